The smallest absolute Gasteiger partial charge is 0.350 e. The van der Waals surface area contributed by atoms with Gasteiger partial charge in [-0.2, -0.15) is 13.2 Å². The highest BCUT2D eigenvalue weighted by atomic mass is 19.4. The minimum atomic E-state index is -4.38. The lowest BCUT2D eigenvalue weighted by atomic mass is 9.91. The quantitative estimate of drug-likeness (QED) is 0.718. The number of benzene rings is 1. The van der Waals surface area contributed by atoms with Crippen LogP contribution >= 0.6 is 0 Å². The van der Waals surface area contributed by atoms with Gasteiger partial charge in [0.1, 0.15) is 5.65 Å². The summed E-state index contributed by atoms with van der Waals surface area (Å²) in [7, 11) is 0. The molecule has 3 heterocycles. The van der Waals surface area contributed by atoms with Crippen LogP contribution in [0.1, 0.15) is 40.4 Å². The zero-order valence-corrected chi connectivity index (χ0v) is 14.0. The number of nitrogens with zero attached hydrogens (tertiary/aromatic N) is 2. The Hall–Kier alpha value is -2.83. The van der Waals surface area contributed by atoms with E-state index in [1.54, 1.807) is 0 Å². The van der Waals surface area contributed by atoms with Crippen molar-refractivity contribution >= 4 is 11.6 Å². The molecular formula is C19H16F3N3O. The molecule has 2 aromatic heterocycles. The summed E-state index contributed by atoms with van der Waals surface area (Å²) in [5.41, 5.74) is 3.35. The normalized spacial score (nSPS) is 17.7. The molecule has 0 fully saturated rings. The number of aryl methyl sites for hydroxylation is 1. The van der Waals surface area contributed by atoms with Crippen molar-refractivity contribution in [3.05, 3.63) is 70.7 Å². The van der Waals surface area contributed by atoms with Crippen LogP contribution in [0.3, 0.4) is 0 Å². The minimum absolute atomic E-state index is 0.144. The second kappa shape index (κ2) is 5.86. The molecular weight excluding hydrogens is 343 g/mol. The Morgan fingerprint density at radius 1 is 1.15 bits per heavy atom. The van der Waals surface area contributed by atoms with Crippen molar-refractivity contribution in [2.75, 3.05) is 0 Å². The number of nitrogens with one attached hydrogen (secondary N) is 1. The van der Waals surface area contributed by atoms with E-state index in [1.165, 1.54) is 12.1 Å². The van der Waals surface area contributed by atoms with Gasteiger partial charge in [0, 0.05) is 18.5 Å². The molecule has 0 aliphatic carbocycles. The van der Waals surface area contributed by atoms with Gasteiger partial charge in [0.15, 0.2) is 0 Å². The monoisotopic (exact) mass is 359 g/mol. The van der Waals surface area contributed by atoms with Crippen molar-refractivity contribution in [1.29, 1.82) is 0 Å². The fraction of sp³-hybridized carbons (Fsp3) is 0.263. The van der Waals surface area contributed by atoms with E-state index in [-0.39, 0.29) is 18.2 Å². The number of rotatable bonds is 1. The Kier molecular flexibility index (Phi) is 3.75. The topological polar surface area (TPSA) is 46.4 Å². The van der Waals surface area contributed by atoms with Crippen LogP contribution in [0.2, 0.25) is 0 Å². The Labute approximate surface area is 147 Å². The first-order valence-corrected chi connectivity index (χ1v) is 8.24. The molecule has 1 aromatic carbocycles. The molecule has 1 aliphatic heterocycles. The highest BCUT2D eigenvalue weighted by Gasteiger charge is 2.32. The van der Waals surface area contributed by atoms with Gasteiger partial charge in [-0.25, -0.2) is 4.98 Å². The molecule has 0 bridgehead atoms. The molecule has 26 heavy (non-hydrogen) atoms. The summed E-state index contributed by atoms with van der Waals surface area (Å²) in [6.45, 7) is 2.27. The molecule has 0 spiro atoms. The molecule has 0 saturated carbocycles. The summed E-state index contributed by atoms with van der Waals surface area (Å²) in [6.07, 6.45) is -2.28. The summed E-state index contributed by atoms with van der Waals surface area (Å²) in [5, 5.41) is 2.82. The van der Waals surface area contributed by atoms with Crippen LogP contribution in [-0.4, -0.2) is 15.3 Å². The SMILES string of the molecule is Cc1ccc2nc3c(n2c1)C(c1ccc(C(F)(F)F)cc1)CC(=O)NC3. The maximum absolute atomic E-state index is 12.9. The molecule has 1 unspecified atom stereocenters. The minimum Gasteiger partial charge on any atom is -0.350 e. The number of amides is 1. The second-order valence-electron chi connectivity index (χ2n) is 6.53. The highest BCUT2D eigenvalue weighted by molar-refractivity contribution is 5.78. The van der Waals surface area contributed by atoms with Crippen molar-refractivity contribution in [2.45, 2.75) is 32.0 Å². The summed E-state index contributed by atoms with van der Waals surface area (Å²) >= 11 is 0. The van der Waals surface area contributed by atoms with E-state index in [2.05, 4.69) is 10.3 Å². The molecule has 7 heteroatoms. The molecule has 4 rings (SSSR count). The van der Waals surface area contributed by atoms with E-state index < -0.39 is 11.7 Å². The maximum atomic E-state index is 12.9. The third-order valence-corrected chi connectivity index (χ3v) is 4.69. The molecule has 0 radical (unpaired) electrons. The molecule has 0 saturated heterocycles. The number of hydrogen-bond donors (Lipinski definition) is 1. The van der Waals surface area contributed by atoms with Gasteiger partial charge in [-0.05, 0) is 36.2 Å². The van der Waals surface area contributed by atoms with E-state index in [9.17, 15) is 18.0 Å². The van der Waals surface area contributed by atoms with Gasteiger partial charge in [0.25, 0.3) is 0 Å². The van der Waals surface area contributed by atoms with Gasteiger partial charge in [-0.3, -0.25) is 4.79 Å². The number of hydrogen-bond acceptors (Lipinski definition) is 2. The number of alkyl halides is 3. The maximum Gasteiger partial charge on any atom is 0.416 e. The van der Waals surface area contributed by atoms with Crippen molar-refractivity contribution in [2.24, 2.45) is 0 Å². The van der Waals surface area contributed by atoms with Crippen molar-refractivity contribution in [3.8, 4) is 0 Å². The summed E-state index contributed by atoms with van der Waals surface area (Å²) < 4.78 is 40.5. The number of fused-ring (bicyclic) bond motifs is 3. The van der Waals surface area contributed by atoms with Gasteiger partial charge in [0.05, 0.1) is 23.5 Å². The van der Waals surface area contributed by atoms with Gasteiger partial charge < -0.3 is 9.72 Å². The summed E-state index contributed by atoms with van der Waals surface area (Å²) in [4.78, 5) is 16.7. The number of carbonyl (C=O) groups is 1. The van der Waals surface area contributed by atoms with E-state index in [4.69, 9.17) is 0 Å². The van der Waals surface area contributed by atoms with E-state index >= 15 is 0 Å². The molecule has 4 nitrogen and oxygen atoms in total. The van der Waals surface area contributed by atoms with Crippen LogP contribution in [0, 0.1) is 6.92 Å². The van der Waals surface area contributed by atoms with E-state index in [0.29, 0.717) is 12.1 Å². The van der Waals surface area contributed by atoms with Crippen LogP contribution in [0.4, 0.5) is 13.2 Å². The number of carbonyl (C=O) groups excluding carboxylic acids is 1. The summed E-state index contributed by atoms with van der Waals surface area (Å²) in [6, 6.07) is 8.87. The Morgan fingerprint density at radius 2 is 1.88 bits per heavy atom. The zero-order chi connectivity index (χ0) is 18.5. The number of pyridine rings is 1. The lowest BCUT2D eigenvalue weighted by Gasteiger charge is -2.17. The molecule has 1 aliphatic rings. The Morgan fingerprint density at radius 3 is 2.58 bits per heavy atom. The van der Waals surface area contributed by atoms with E-state index in [0.717, 1.165) is 34.7 Å². The number of imidazole rings is 1. The average Bonchev–Trinajstić information content (AvgIpc) is 2.85. The first-order chi connectivity index (χ1) is 12.3. The van der Waals surface area contributed by atoms with Crippen LogP contribution in [-0.2, 0) is 17.5 Å². The standard InChI is InChI=1S/C19H16F3N3O/c1-11-2-7-16-24-15-9-23-17(26)8-14(18(15)25(16)10-11)12-3-5-13(6-4-12)19(20,21)22/h2-7,10,14H,8-9H2,1H3,(H,23,26). The predicted molar refractivity (Wildman–Crippen MR) is 89.7 cm³/mol. The molecule has 1 atom stereocenters. The average molecular weight is 359 g/mol. The largest absolute Gasteiger partial charge is 0.416 e. The van der Waals surface area contributed by atoms with Crippen molar-refractivity contribution in [1.82, 2.24) is 14.7 Å². The number of halogens is 3. The highest BCUT2D eigenvalue weighted by Crippen LogP contribution is 2.35. The predicted octanol–water partition coefficient (Wildman–Crippen LogP) is 3.81. The fourth-order valence-electron chi connectivity index (χ4n) is 3.43. The first-order valence-electron chi connectivity index (χ1n) is 8.24. The first kappa shape index (κ1) is 16.6. The van der Waals surface area contributed by atoms with Crippen LogP contribution < -0.4 is 5.32 Å². The molecule has 1 amide bonds. The van der Waals surface area contributed by atoms with E-state index in [1.807, 2.05) is 29.7 Å². The second-order valence-corrected chi connectivity index (χ2v) is 6.53. The lowest BCUT2D eigenvalue weighted by Crippen LogP contribution is -2.21. The fourth-order valence-corrected chi connectivity index (χ4v) is 3.43. The third kappa shape index (κ3) is 2.83. The van der Waals surface area contributed by atoms with Crippen molar-refractivity contribution in [3.63, 3.8) is 0 Å². The van der Waals surface area contributed by atoms with Gasteiger partial charge in [-0.15, -0.1) is 0 Å². The van der Waals surface area contributed by atoms with Crippen LogP contribution in [0.5, 0.6) is 0 Å². The molecule has 134 valence electrons. The Bertz CT molecular complexity index is 990. The zero-order valence-electron chi connectivity index (χ0n) is 14.0. The molecule has 3 aromatic rings. The third-order valence-electron chi connectivity index (χ3n) is 4.69. The van der Waals surface area contributed by atoms with Crippen LogP contribution in [0.25, 0.3) is 5.65 Å². The lowest BCUT2D eigenvalue weighted by molar-refractivity contribution is -0.137. The van der Waals surface area contributed by atoms with Gasteiger partial charge >= 0.3 is 6.18 Å². The summed E-state index contributed by atoms with van der Waals surface area (Å²) in [5.74, 6) is -0.499. The van der Waals surface area contributed by atoms with Gasteiger partial charge in [-0.1, -0.05) is 18.2 Å². The number of aromatic nitrogens is 2. The molecule has 1 N–H and O–H groups in total. The van der Waals surface area contributed by atoms with Gasteiger partial charge in [0.2, 0.25) is 5.91 Å². The Balaban J connectivity index is 1.86. The van der Waals surface area contributed by atoms with Crippen LogP contribution in [0.15, 0.2) is 42.6 Å². The van der Waals surface area contributed by atoms with Crippen molar-refractivity contribution < 1.29 is 18.0 Å².